The number of nitrogens with zero attached hydrogens (tertiary/aromatic N) is 1. The predicted molar refractivity (Wildman–Crippen MR) is 82.4 cm³/mol. The molecule has 118 valence electrons. The average molecular weight is 304 g/mol. The van der Waals surface area contributed by atoms with Gasteiger partial charge in [0.1, 0.15) is 0 Å². The molecule has 2 rings (SSSR count). The zero-order valence-corrected chi connectivity index (χ0v) is 13.0. The minimum absolute atomic E-state index is 0.0595. The average Bonchev–Trinajstić information content (AvgIpc) is 2.89. The molecule has 1 aromatic rings. The van der Waals surface area contributed by atoms with E-state index >= 15 is 0 Å². The van der Waals surface area contributed by atoms with E-state index in [2.05, 4.69) is 10.1 Å². The first-order chi connectivity index (χ1) is 10.4. The second-order valence-corrected chi connectivity index (χ2v) is 5.62. The van der Waals surface area contributed by atoms with Crippen LogP contribution in [0.3, 0.4) is 0 Å². The van der Waals surface area contributed by atoms with E-state index < -0.39 is 5.92 Å². The maximum atomic E-state index is 12.0. The third-order valence-electron chi connectivity index (χ3n) is 3.63. The summed E-state index contributed by atoms with van der Waals surface area (Å²) in [5, 5.41) is 2.79. The lowest BCUT2D eigenvalue weighted by atomic mass is 10.1. The molecule has 6 heteroatoms. The van der Waals surface area contributed by atoms with Crippen LogP contribution in [0.2, 0.25) is 0 Å². The van der Waals surface area contributed by atoms with Gasteiger partial charge in [-0.2, -0.15) is 0 Å². The minimum Gasteiger partial charge on any atom is -0.469 e. The van der Waals surface area contributed by atoms with Crippen molar-refractivity contribution in [3.05, 3.63) is 24.3 Å². The van der Waals surface area contributed by atoms with Crippen molar-refractivity contribution in [3.63, 3.8) is 0 Å². The van der Waals surface area contributed by atoms with Crippen LogP contribution >= 0.6 is 0 Å². The molecule has 1 aromatic carbocycles. The highest BCUT2D eigenvalue weighted by molar-refractivity contribution is 5.99. The summed E-state index contributed by atoms with van der Waals surface area (Å²) in [5.74, 6) is -1.04. The zero-order chi connectivity index (χ0) is 16.3. The van der Waals surface area contributed by atoms with Gasteiger partial charge in [-0.05, 0) is 24.3 Å². The summed E-state index contributed by atoms with van der Waals surface area (Å²) in [6, 6.07) is 7.00. The smallest absolute Gasteiger partial charge is 0.311 e. The lowest BCUT2D eigenvalue weighted by Gasteiger charge is -2.17. The van der Waals surface area contributed by atoms with E-state index in [0.717, 1.165) is 0 Å². The lowest BCUT2D eigenvalue weighted by molar-refractivity contribution is -0.145. The highest BCUT2D eigenvalue weighted by atomic mass is 16.5. The van der Waals surface area contributed by atoms with Crippen LogP contribution in [0.4, 0.5) is 11.4 Å². The molecule has 6 nitrogen and oxygen atoms in total. The van der Waals surface area contributed by atoms with E-state index in [4.69, 9.17) is 0 Å². The summed E-state index contributed by atoms with van der Waals surface area (Å²) in [6.07, 6.45) is 0.165. The third-order valence-corrected chi connectivity index (χ3v) is 3.63. The quantitative estimate of drug-likeness (QED) is 0.861. The lowest BCUT2D eigenvalue weighted by Crippen LogP contribution is -2.26. The SMILES string of the molecule is COC(=O)[C@@H]1CC(=O)N(c2ccc(NC(=O)C(C)C)cc2)C1. The summed E-state index contributed by atoms with van der Waals surface area (Å²) in [6.45, 7) is 3.96. The monoisotopic (exact) mass is 304 g/mol. The fraction of sp³-hybridized carbons (Fsp3) is 0.438. The molecular weight excluding hydrogens is 284 g/mol. The Labute approximate surface area is 129 Å². The molecule has 1 aliphatic rings. The molecule has 22 heavy (non-hydrogen) atoms. The van der Waals surface area contributed by atoms with Crippen molar-refractivity contribution in [2.24, 2.45) is 11.8 Å². The minimum atomic E-state index is -0.419. The zero-order valence-electron chi connectivity index (χ0n) is 13.0. The molecule has 1 aliphatic heterocycles. The third kappa shape index (κ3) is 3.44. The van der Waals surface area contributed by atoms with Gasteiger partial charge in [-0.15, -0.1) is 0 Å². The highest BCUT2D eigenvalue weighted by Gasteiger charge is 2.35. The van der Waals surface area contributed by atoms with Crippen molar-refractivity contribution < 1.29 is 19.1 Å². The van der Waals surface area contributed by atoms with E-state index in [1.165, 1.54) is 7.11 Å². The number of benzene rings is 1. The van der Waals surface area contributed by atoms with Crippen molar-refractivity contribution in [3.8, 4) is 0 Å². The van der Waals surface area contributed by atoms with E-state index in [0.29, 0.717) is 17.9 Å². The van der Waals surface area contributed by atoms with Crippen LogP contribution < -0.4 is 10.2 Å². The maximum Gasteiger partial charge on any atom is 0.311 e. The first-order valence-corrected chi connectivity index (χ1v) is 7.21. The van der Waals surface area contributed by atoms with Gasteiger partial charge in [-0.3, -0.25) is 14.4 Å². The Morgan fingerprint density at radius 2 is 1.91 bits per heavy atom. The fourth-order valence-electron chi connectivity index (χ4n) is 2.29. The van der Waals surface area contributed by atoms with Crippen molar-refractivity contribution in [1.82, 2.24) is 0 Å². The molecule has 2 amide bonds. The first-order valence-electron chi connectivity index (χ1n) is 7.21. The van der Waals surface area contributed by atoms with Gasteiger partial charge in [0.05, 0.1) is 13.0 Å². The Morgan fingerprint density at radius 1 is 1.27 bits per heavy atom. The standard InChI is InChI=1S/C16H20N2O4/c1-10(2)15(20)17-12-4-6-13(7-5-12)18-9-11(8-14(18)19)16(21)22-3/h4-7,10-11H,8-9H2,1-3H3,(H,17,20)/t11-/m1/s1. The van der Waals surface area contributed by atoms with Gasteiger partial charge in [0, 0.05) is 30.3 Å². The summed E-state index contributed by atoms with van der Waals surface area (Å²) in [7, 11) is 1.32. The molecule has 0 aliphatic carbocycles. The molecule has 1 heterocycles. The van der Waals surface area contributed by atoms with Gasteiger partial charge in [0.25, 0.3) is 0 Å². The molecule has 0 bridgehead atoms. The second kappa shape index (κ2) is 6.60. The van der Waals surface area contributed by atoms with Crippen LogP contribution in [0.15, 0.2) is 24.3 Å². The second-order valence-electron chi connectivity index (χ2n) is 5.62. The van der Waals surface area contributed by atoms with E-state index in [-0.39, 0.29) is 30.1 Å². The Bertz CT molecular complexity index is 580. The maximum absolute atomic E-state index is 12.0. The van der Waals surface area contributed by atoms with Crippen molar-refractivity contribution in [2.75, 3.05) is 23.9 Å². The predicted octanol–water partition coefficient (Wildman–Crippen LogP) is 1.81. The molecule has 0 spiro atoms. The molecule has 0 saturated carbocycles. The normalized spacial score (nSPS) is 17.7. The number of ether oxygens (including phenoxy) is 1. The van der Waals surface area contributed by atoms with Gasteiger partial charge >= 0.3 is 5.97 Å². The molecule has 1 fully saturated rings. The van der Waals surface area contributed by atoms with Crippen molar-refractivity contribution >= 4 is 29.2 Å². The molecule has 0 aromatic heterocycles. The topological polar surface area (TPSA) is 75.7 Å². The molecule has 0 unspecified atom stereocenters. The molecule has 1 atom stereocenters. The van der Waals surface area contributed by atoms with Gasteiger partial charge in [-0.25, -0.2) is 0 Å². The number of anilines is 2. The van der Waals surface area contributed by atoms with Crippen LogP contribution in [-0.2, 0) is 19.1 Å². The summed E-state index contributed by atoms with van der Waals surface area (Å²) < 4.78 is 4.69. The number of nitrogens with one attached hydrogen (secondary N) is 1. The van der Waals surface area contributed by atoms with E-state index in [9.17, 15) is 14.4 Å². The largest absolute Gasteiger partial charge is 0.469 e. The van der Waals surface area contributed by atoms with Gasteiger partial charge in [-0.1, -0.05) is 13.8 Å². The Morgan fingerprint density at radius 3 is 2.45 bits per heavy atom. The van der Waals surface area contributed by atoms with Crippen LogP contribution in [0.5, 0.6) is 0 Å². The summed E-state index contributed by atoms with van der Waals surface area (Å²) in [5.41, 5.74) is 1.39. The summed E-state index contributed by atoms with van der Waals surface area (Å²) in [4.78, 5) is 36.7. The fourth-order valence-corrected chi connectivity index (χ4v) is 2.29. The van der Waals surface area contributed by atoms with Gasteiger partial charge < -0.3 is 15.0 Å². The van der Waals surface area contributed by atoms with Gasteiger partial charge in [0.15, 0.2) is 0 Å². The number of carbonyl (C=O) groups is 3. The number of hydrogen-bond acceptors (Lipinski definition) is 4. The molecule has 1 N–H and O–H groups in total. The van der Waals surface area contributed by atoms with Crippen LogP contribution in [0.1, 0.15) is 20.3 Å². The number of methoxy groups -OCH3 is 1. The number of esters is 1. The highest BCUT2D eigenvalue weighted by Crippen LogP contribution is 2.27. The summed E-state index contributed by atoms with van der Waals surface area (Å²) >= 11 is 0. The number of carbonyl (C=O) groups excluding carboxylic acids is 3. The Kier molecular flexibility index (Phi) is 4.80. The first kappa shape index (κ1) is 16.0. The van der Waals surface area contributed by atoms with Crippen molar-refractivity contribution in [2.45, 2.75) is 20.3 Å². The molecule has 0 radical (unpaired) electrons. The number of rotatable bonds is 4. The van der Waals surface area contributed by atoms with Crippen LogP contribution in [0, 0.1) is 11.8 Å². The number of amides is 2. The van der Waals surface area contributed by atoms with Crippen molar-refractivity contribution in [1.29, 1.82) is 0 Å². The van der Waals surface area contributed by atoms with Gasteiger partial charge in [0.2, 0.25) is 11.8 Å². The number of hydrogen-bond donors (Lipinski definition) is 1. The Hall–Kier alpha value is -2.37. The van der Waals surface area contributed by atoms with E-state index in [1.54, 1.807) is 29.2 Å². The molecular formula is C16H20N2O4. The Balaban J connectivity index is 2.06. The van der Waals surface area contributed by atoms with Crippen LogP contribution in [0.25, 0.3) is 0 Å². The van der Waals surface area contributed by atoms with E-state index in [1.807, 2.05) is 13.8 Å². The van der Waals surface area contributed by atoms with Crippen LogP contribution in [-0.4, -0.2) is 31.4 Å². The molecule has 1 saturated heterocycles.